The molecular weight excluding hydrogens is 486 g/mol. The highest BCUT2D eigenvalue weighted by atomic mass is 16.5. The van der Waals surface area contributed by atoms with Crippen LogP contribution in [0.25, 0.3) is 22.2 Å². The molecule has 2 heterocycles. The molecule has 0 spiro atoms. The molecule has 0 radical (unpaired) electrons. The largest absolute Gasteiger partial charge is 0.457 e. The highest BCUT2D eigenvalue weighted by Crippen LogP contribution is 2.34. The molecule has 6 nitrogen and oxygen atoms in total. The van der Waals surface area contributed by atoms with E-state index in [1.54, 1.807) is 17.9 Å². The number of Topliss-reactive ketones (excluding diaryl/α,β-unsaturated/α-hetero) is 1. The van der Waals surface area contributed by atoms with E-state index in [1.165, 1.54) is 0 Å². The number of carbonyl (C=O) groups is 1. The number of ketones is 1. The van der Waals surface area contributed by atoms with Gasteiger partial charge < -0.3 is 4.74 Å². The van der Waals surface area contributed by atoms with Crippen molar-refractivity contribution >= 4 is 16.8 Å². The lowest BCUT2D eigenvalue weighted by Crippen LogP contribution is -2.26. The van der Waals surface area contributed by atoms with Crippen LogP contribution >= 0.6 is 0 Å². The van der Waals surface area contributed by atoms with E-state index in [0.29, 0.717) is 24.0 Å². The SMILES string of the molecule is C/C=C\C.CC.CC.Cn1c[nH+]c2c(c(-c3ccc(Oc4ccccc4)cc3)cn2C2CCC(=O)CC2)c1=O. The number of fused-ring (bicyclic) bond motifs is 1. The number of aromatic nitrogens is 3. The fourth-order valence-electron chi connectivity index (χ4n) is 4.32. The van der Waals surface area contributed by atoms with E-state index in [4.69, 9.17) is 4.74 Å². The molecule has 0 atom stereocenters. The first kappa shape index (κ1) is 31.3. The topological polar surface area (TPSA) is 67.4 Å². The van der Waals surface area contributed by atoms with Crippen LogP contribution in [0.3, 0.4) is 0 Å². The first-order chi connectivity index (χ1) is 19.0. The Labute approximate surface area is 233 Å². The van der Waals surface area contributed by atoms with Crippen LogP contribution in [-0.2, 0) is 11.8 Å². The van der Waals surface area contributed by atoms with Gasteiger partial charge in [0.05, 0.1) is 19.3 Å². The van der Waals surface area contributed by atoms with Gasteiger partial charge in [-0.15, -0.1) is 0 Å². The van der Waals surface area contributed by atoms with Gasteiger partial charge in [0.1, 0.15) is 22.7 Å². The van der Waals surface area contributed by atoms with Gasteiger partial charge in [0, 0.05) is 18.4 Å². The number of rotatable bonds is 4. The molecular formula is C33H44N3O3+. The van der Waals surface area contributed by atoms with Gasteiger partial charge in [-0.25, -0.2) is 4.57 Å². The fraction of sp³-hybridized carbons (Fsp3) is 0.364. The Morgan fingerprint density at radius 3 is 1.97 bits per heavy atom. The summed E-state index contributed by atoms with van der Waals surface area (Å²) in [5.41, 5.74) is 2.60. The second kappa shape index (κ2) is 16.1. The maximum atomic E-state index is 13.0. The fourth-order valence-corrected chi connectivity index (χ4v) is 4.32. The van der Waals surface area contributed by atoms with Crippen molar-refractivity contribution in [3.8, 4) is 22.6 Å². The lowest BCUT2D eigenvalue weighted by Gasteiger charge is -2.19. The van der Waals surface area contributed by atoms with Crippen LogP contribution in [-0.4, -0.2) is 14.9 Å². The lowest BCUT2D eigenvalue weighted by atomic mass is 9.94. The maximum absolute atomic E-state index is 13.0. The molecule has 2 aromatic carbocycles. The van der Waals surface area contributed by atoms with Crippen molar-refractivity contribution in [3.63, 3.8) is 0 Å². The molecule has 0 unspecified atom stereocenters. The number of ether oxygens (including phenoxy) is 1. The van der Waals surface area contributed by atoms with Crippen LogP contribution in [0.15, 0.2) is 84.1 Å². The zero-order chi connectivity index (χ0) is 28.8. The summed E-state index contributed by atoms with van der Waals surface area (Å²) in [6, 6.07) is 17.6. The van der Waals surface area contributed by atoms with Gasteiger partial charge in [-0.1, -0.05) is 70.2 Å². The van der Waals surface area contributed by atoms with E-state index in [1.807, 2.05) is 108 Å². The molecule has 39 heavy (non-hydrogen) atoms. The van der Waals surface area contributed by atoms with Gasteiger partial charge in [-0.05, 0) is 56.5 Å². The standard InChI is InChI=1S/C25H23N3O3.C4H8.2C2H6/c1-27-16-26-24-23(25(27)30)22(15-28(24)18-9-11-19(29)12-10-18)17-7-13-21(14-8-17)31-20-5-3-2-4-6-20;1-3-4-2;2*1-2/h2-8,13-16,18H,9-12H2,1H3;3-4H,1-2H3;2*1-2H3/p+1/b;4-3-;;. The van der Waals surface area contributed by atoms with Crippen molar-refractivity contribution in [2.75, 3.05) is 0 Å². The van der Waals surface area contributed by atoms with Crippen molar-refractivity contribution in [1.29, 1.82) is 0 Å². The molecule has 1 aliphatic rings. The summed E-state index contributed by atoms with van der Waals surface area (Å²) in [6.07, 6.45) is 10.5. The van der Waals surface area contributed by atoms with Crippen LogP contribution in [0.5, 0.6) is 11.5 Å². The minimum Gasteiger partial charge on any atom is -0.457 e. The number of allylic oxidation sites excluding steroid dienone is 2. The Morgan fingerprint density at radius 1 is 0.846 bits per heavy atom. The van der Waals surface area contributed by atoms with Crippen molar-refractivity contribution in [1.82, 2.24) is 9.13 Å². The molecule has 6 heteroatoms. The summed E-state index contributed by atoms with van der Waals surface area (Å²) < 4.78 is 9.61. The van der Waals surface area contributed by atoms with E-state index in [2.05, 4.69) is 15.7 Å². The predicted molar refractivity (Wildman–Crippen MR) is 161 cm³/mol. The number of hydrogen-bond donors (Lipinski definition) is 0. The zero-order valence-corrected chi connectivity index (χ0v) is 24.5. The number of para-hydroxylation sites is 1. The van der Waals surface area contributed by atoms with Crippen LogP contribution in [0.2, 0.25) is 0 Å². The lowest BCUT2D eigenvalue weighted by molar-refractivity contribution is -0.357. The molecule has 0 aliphatic heterocycles. The molecule has 2 aromatic heterocycles. The van der Waals surface area contributed by atoms with E-state index in [9.17, 15) is 9.59 Å². The highest BCUT2D eigenvalue weighted by Gasteiger charge is 2.28. The molecule has 0 saturated heterocycles. The van der Waals surface area contributed by atoms with Crippen molar-refractivity contribution in [2.24, 2.45) is 7.05 Å². The van der Waals surface area contributed by atoms with Gasteiger partial charge in [0.25, 0.3) is 0 Å². The molecule has 0 amide bonds. The molecule has 1 saturated carbocycles. The number of nitrogens with one attached hydrogen (secondary N) is 1. The number of hydrogen-bond acceptors (Lipinski definition) is 3. The maximum Gasteiger partial charge on any atom is 0.320 e. The van der Waals surface area contributed by atoms with Gasteiger partial charge >= 0.3 is 5.56 Å². The van der Waals surface area contributed by atoms with Gasteiger partial charge in [0.2, 0.25) is 5.65 Å². The van der Waals surface area contributed by atoms with Crippen LogP contribution in [0.1, 0.15) is 73.3 Å². The zero-order valence-electron chi connectivity index (χ0n) is 24.5. The molecule has 0 bridgehead atoms. The summed E-state index contributed by atoms with van der Waals surface area (Å²) in [5, 5.41) is 0.665. The number of carbonyl (C=O) groups excluding carboxylic acids is 1. The molecule has 1 N–H and O–H groups in total. The highest BCUT2D eigenvalue weighted by molar-refractivity contribution is 5.92. The monoisotopic (exact) mass is 530 g/mol. The minimum atomic E-state index is -0.0426. The summed E-state index contributed by atoms with van der Waals surface area (Å²) in [4.78, 5) is 28.0. The van der Waals surface area contributed by atoms with Crippen molar-refractivity contribution < 1.29 is 14.5 Å². The average Bonchev–Trinajstić information content (AvgIpc) is 3.39. The Morgan fingerprint density at radius 2 is 1.41 bits per heavy atom. The number of benzene rings is 2. The number of nitrogens with zero attached hydrogens (tertiary/aromatic N) is 2. The predicted octanol–water partition coefficient (Wildman–Crippen LogP) is 7.93. The van der Waals surface area contributed by atoms with E-state index >= 15 is 0 Å². The quantitative estimate of drug-likeness (QED) is 0.252. The second-order valence-electron chi connectivity index (χ2n) is 8.74. The van der Waals surface area contributed by atoms with Crippen LogP contribution in [0.4, 0.5) is 0 Å². The van der Waals surface area contributed by atoms with E-state index in [0.717, 1.165) is 41.1 Å². The molecule has 1 fully saturated rings. The summed E-state index contributed by atoms with van der Waals surface area (Å²) in [6.45, 7) is 12.0. The number of H-pyrrole nitrogens is 1. The summed E-state index contributed by atoms with van der Waals surface area (Å²) in [7, 11) is 1.75. The van der Waals surface area contributed by atoms with Crippen molar-refractivity contribution in [2.45, 2.75) is 73.3 Å². The van der Waals surface area contributed by atoms with Gasteiger partial charge in [0.15, 0.2) is 6.33 Å². The Hall–Kier alpha value is -3.93. The Kier molecular flexibility index (Phi) is 12.9. The summed E-state index contributed by atoms with van der Waals surface area (Å²) >= 11 is 0. The van der Waals surface area contributed by atoms with Crippen LogP contribution < -0.4 is 15.3 Å². The average molecular weight is 531 g/mol. The Bertz CT molecular complexity index is 1370. The molecule has 208 valence electrons. The molecule has 1 aliphatic carbocycles. The van der Waals surface area contributed by atoms with E-state index < -0.39 is 0 Å². The van der Waals surface area contributed by atoms with Crippen LogP contribution in [0, 0.1) is 0 Å². The minimum absolute atomic E-state index is 0.0426. The molecule has 5 rings (SSSR count). The number of aromatic amines is 1. The third kappa shape index (κ3) is 8.03. The third-order valence-electron chi connectivity index (χ3n) is 6.35. The molecule has 4 aromatic rings. The first-order valence-corrected chi connectivity index (χ1v) is 14.1. The smallest absolute Gasteiger partial charge is 0.320 e. The first-order valence-electron chi connectivity index (χ1n) is 14.1. The summed E-state index contributed by atoms with van der Waals surface area (Å²) in [5.74, 6) is 1.84. The van der Waals surface area contributed by atoms with Gasteiger partial charge in [-0.3, -0.25) is 19.1 Å². The van der Waals surface area contributed by atoms with Gasteiger partial charge in [-0.2, -0.15) is 0 Å². The second-order valence-corrected chi connectivity index (χ2v) is 8.74. The Balaban J connectivity index is 0.000000602. The normalized spacial score (nSPS) is 13.1. The number of aryl methyl sites for hydroxylation is 1. The van der Waals surface area contributed by atoms with Crippen molar-refractivity contribution in [3.05, 3.63) is 89.6 Å². The van der Waals surface area contributed by atoms with E-state index in [-0.39, 0.29) is 11.6 Å². The third-order valence-corrected chi connectivity index (χ3v) is 6.35.